The lowest BCUT2D eigenvalue weighted by Gasteiger charge is -2.32. The molecule has 16 heteroatoms. The van der Waals surface area contributed by atoms with Crippen LogP contribution in [0.5, 0.6) is 5.75 Å². The van der Waals surface area contributed by atoms with Gasteiger partial charge >= 0.3 is 0 Å². The Labute approximate surface area is 392 Å². The van der Waals surface area contributed by atoms with Crippen molar-refractivity contribution in [2.75, 3.05) is 31.1 Å². The number of nitrogens with one attached hydrogen (secondary N) is 1. The van der Waals surface area contributed by atoms with E-state index in [9.17, 15) is 30.7 Å². The molecule has 8 rings (SSSR count). The number of hydrogen-bond acceptors (Lipinski definition) is 10. The Kier molecular flexibility index (Phi) is 13.8. The summed E-state index contributed by atoms with van der Waals surface area (Å²) in [6.07, 6.45) is 19.7. The molecule has 4 aliphatic heterocycles. The van der Waals surface area contributed by atoms with Gasteiger partial charge in [0.25, 0.3) is 20.2 Å². The fourth-order valence-electron chi connectivity index (χ4n) is 10.7. The Bertz CT molecular complexity index is 2970. The average Bonchev–Trinajstić information content (AvgIpc) is 3.89. The van der Waals surface area contributed by atoms with E-state index in [-0.39, 0.29) is 15.7 Å². The first-order valence-electron chi connectivity index (χ1n) is 23.0. The molecule has 2 unspecified atom stereocenters. The molecule has 3 N–H and O–H groups in total. The second kappa shape index (κ2) is 19.2. The number of anilines is 1. The number of aryl methyl sites for hydroxylation is 2. The molecular formula is C50H58N5O8S3+. The monoisotopic (exact) mass is 952 g/mol. The topological polar surface area (TPSA) is 190 Å². The minimum absolute atomic E-state index is 0.0261. The Morgan fingerprint density at radius 3 is 2.42 bits per heavy atom. The number of thiazole rings is 1. The van der Waals surface area contributed by atoms with Crippen molar-refractivity contribution >= 4 is 64.8 Å². The summed E-state index contributed by atoms with van der Waals surface area (Å²) in [4.78, 5) is 19.2. The van der Waals surface area contributed by atoms with Crippen molar-refractivity contribution in [1.82, 2.24) is 10.3 Å². The summed E-state index contributed by atoms with van der Waals surface area (Å²) >= 11 is 1.32. The normalized spacial score (nSPS) is 20.7. The number of nitrogens with zero attached hydrogens (tertiary/aromatic N) is 4. The van der Waals surface area contributed by atoms with Crippen molar-refractivity contribution in [1.29, 1.82) is 5.26 Å². The van der Waals surface area contributed by atoms with E-state index in [0.717, 1.165) is 108 Å². The molecule has 1 aromatic heterocycles. The zero-order chi connectivity index (χ0) is 46.9. The highest BCUT2D eigenvalue weighted by atomic mass is 32.2. The van der Waals surface area contributed by atoms with Gasteiger partial charge in [-0.15, -0.1) is 11.3 Å². The van der Waals surface area contributed by atoms with E-state index < -0.39 is 31.1 Å². The summed E-state index contributed by atoms with van der Waals surface area (Å²) in [5.41, 5.74) is 6.51. The lowest BCUT2D eigenvalue weighted by atomic mass is 9.74. The summed E-state index contributed by atoms with van der Waals surface area (Å²) in [6, 6.07) is 14.3. The van der Waals surface area contributed by atoms with Gasteiger partial charge < -0.3 is 15.0 Å². The number of fused-ring (bicyclic) bond motifs is 1. The van der Waals surface area contributed by atoms with Gasteiger partial charge in [0.15, 0.2) is 10.7 Å². The fraction of sp³-hybridized carbons (Fsp3) is 0.440. The summed E-state index contributed by atoms with van der Waals surface area (Å²) < 4.78 is 81.4. The van der Waals surface area contributed by atoms with Gasteiger partial charge in [-0.05, 0) is 101 Å². The third kappa shape index (κ3) is 9.25. The summed E-state index contributed by atoms with van der Waals surface area (Å²) in [6.45, 7) is 8.61. The first kappa shape index (κ1) is 47.3. The molecular weight excluding hydrogens is 895 g/mol. The van der Waals surface area contributed by atoms with Crippen LogP contribution in [0.25, 0.3) is 10.2 Å². The number of aromatic nitrogens is 1. The number of nitriles is 1. The minimum atomic E-state index is -4.55. The molecule has 0 bridgehead atoms. The van der Waals surface area contributed by atoms with Crippen LogP contribution in [0, 0.1) is 11.3 Å². The van der Waals surface area contributed by atoms with Crippen LogP contribution in [-0.4, -0.2) is 73.4 Å². The molecule has 348 valence electrons. The Hall–Kier alpha value is -5.18. The molecule has 0 fully saturated rings. The molecule has 66 heavy (non-hydrogen) atoms. The van der Waals surface area contributed by atoms with Crippen LogP contribution in [0.4, 0.5) is 11.4 Å². The van der Waals surface area contributed by atoms with Gasteiger partial charge in [0.1, 0.15) is 28.2 Å². The average molecular weight is 953 g/mol. The molecule has 0 spiro atoms. The van der Waals surface area contributed by atoms with Crippen molar-refractivity contribution in [2.45, 2.75) is 125 Å². The van der Waals surface area contributed by atoms with Crippen molar-refractivity contribution in [3.05, 3.63) is 106 Å². The summed E-state index contributed by atoms with van der Waals surface area (Å²) in [5, 5.41) is 12.5. The molecule has 0 aliphatic carbocycles. The number of rotatable bonds is 19. The second-order valence-electron chi connectivity index (χ2n) is 18.2. The highest BCUT2D eigenvalue weighted by Crippen LogP contribution is 2.56. The Morgan fingerprint density at radius 2 is 1.67 bits per heavy atom. The Balaban J connectivity index is 0.953. The number of unbranched alkanes of at least 4 members (excludes halogenated alkanes) is 3. The number of hydrogen-bond donors (Lipinski definition) is 3. The summed E-state index contributed by atoms with van der Waals surface area (Å²) in [7, 11) is -9.01. The van der Waals surface area contributed by atoms with E-state index in [0.29, 0.717) is 67.3 Å². The van der Waals surface area contributed by atoms with Crippen LogP contribution in [0.3, 0.4) is 0 Å². The molecule has 0 saturated heterocycles. The van der Waals surface area contributed by atoms with Gasteiger partial charge in [-0.1, -0.05) is 63.0 Å². The molecule has 3 aromatic carbocycles. The number of ether oxygens (including phenoxy) is 1. The molecule has 4 aromatic rings. The van der Waals surface area contributed by atoms with Crippen LogP contribution in [0.1, 0.15) is 119 Å². The predicted molar refractivity (Wildman–Crippen MR) is 257 cm³/mol. The largest absolute Gasteiger partial charge is 0.493 e. The highest BCUT2D eigenvalue weighted by Gasteiger charge is 2.52. The van der Waals surface area contributed by atoms with E-state index in [1.807, 2.05) is 54.6 Å². The SMILES string of the molecule is CCCCC1(C)C(=CC=CC=CC2=[N+]3CCCc4ccc(S(=O)(=O)O)c(c43)C2(C)CCCCCC(=O)NCCCOc2ccc3nc(C#N)sc3c2)N2CCCc3ccc(S(=O)(=O)O)c1c32. The van der Waals surface area contributed by atoms with Gasteiger partial charge in [-0.25, -0.2) is 4.98 Å². The third-order valence-electron chi connectivity index (χ3n) is 13.7. The van der Waals surface area contributed by atoms with Crippen molar-refractivity contribution in [3.8, 4) is 11.8 Å². The second-order valence-corrected chi connectivity index (χ2v) is 22.0. The zero-order valence-electron chi connectivity index (χ0n) is 37.8. The Morgan fingerprint density at radius 1 is 0.924 bits per heavy atom. The molecule has 13 nitrogen and oxygen atoms in total. The van der Waals surface area contributed by atoms with Crippen molar-refractivity contribution in [3.63, 3.8) is 0 Å². The van der Waals surface area contributed by atoms with E-state index in [2.05, 4.69) is 52.7 Å². The first-order valence-corrected chi connectivity index (χ1v) is 26.7. The van der Waals surface area contributed by atoms with Crippen molar-refractivity contribution < 1.29 is 40.0 Å². The molecule has 2 atom stereocenters. The smallest absolute Gasteiger partial charge is 0.295 e. The maximum absolute atomic E-state index is 13.0. The molecule has 0 radical (unpaired) electrons. The summed E-state index contributed by atoms with van der Waals surface area (Å²) in [5.74, 6) is 0.648. The third-order valence-corrected chi connectivity index (χ3v) is 16.4. The number of carbonyl (C=O) groups is 1. The number of allylic oxidation sites excluding steroid dienone is 6. The molecule has 1 amide bonds. The van der Waals surface area contributed by atoms with E-state index >= 15 is 0 Å². The van der Waals surface area contributed by atoms with Crippen LogP contribution in [0.15, 0.2) is 88.3 Å². The number of amides is 1. The van der Waals surface area contributed by atoms with Gasteiger partial charge in [0, 0.05) is 59.9 Å². The molecule has 5 heterocycles. The van der Waals surface area contributed by atoms with E-state index in [1.165, 1.54) is 11.3 Å². The maximum Gasteiger partial charge on any atom is 0.295 e. The van der Waals surface area contributed by atoms with Gasteiger partial charge in [-0.2, -0.15) is 26.7 Å². The fourth-order valence-corrected chi connectivity index (χ4v) is 13.1. The van der Waals surface area contributed by atoms with Crippen molar-refractivity contribution in [2.24, 2.45) is 0 Å². The minimum Gasteiger partial charge on any atom is -0.493 e. The lowest BCUT2D eigenvalue weighted by molar-refractivity contribution is -0.443. The van der Waals surface area contributed by atoms with Gasteiger partial charge in [0.05, 0.1) is 27.8 Å². The van der Waals surface area contributed by atoms with E-state index in [1.54, 1.807) is 12.1 Å². The number of carbonyl (C=O) groups excluding carboxylic acids is 1. The van der Waals surface area contributed by atoms with E-state index in [4.69, 9.17) is 10.00 Å². The zero-order valence-corrected chi connectivity index (χ0v) is 40.3. The molecule has 4 aliphatic rings. The quantitative estimate of drug-likeness (QED) is 0.0351. The van der Waals surface area contributed by atoms with Gasteiger partial charge in [-0.3, -0.25) is 13.9 Å². The standard InChI is InChI=1S/C50H57N5O8S3/c1-4-5-26-49(2)41(54-29-12-15-34-20-24-39(65(57,58)59)45(49)47(34)54)17-8-6-9-18-42-50(3,46-40(66(60,61)62)25-21-35-16-13-30-55(42)48(35)46)27-11-7-10-19-43(56)52-28-14-31-63-36-22-23-37-38(32-36)64-44(33-51)53-37/h6,8-9,17-18,20-25,32H,4-5,7,10-16,19,26-31H2,1-3H3,(H2-,52,56,57,58,59,60,61,62)/p+1. The van der Waals surface area contributed by atoms with Crippen LogP contribution in [-0.2, 0) is 48.7 Å². The molecule has 0 saturated carbocycles. The number of benzene rings is 3. The first-order chi connectivity index (χ1) is 31.6. The van der Waals surface area contributed by atoms with Crippen LogP contribution in [0.2, 0.25) is 0 Å². The van der Waals surface area contributed by atoms with Gasteiger partial charge in [0.2, 0.25) is 11.6 Å². The highest BCUT2D eigenvalue weighted by molar-refractivity contribution is 7.86. The predicted octanol–water partition coefficient (Wildman–Crippen LogP) is 9.41. The lowest BCUT2D eigenvalue weighted by Crippen LogP contribution is -2.32. The maximum atomic E-state index is 13.0. The van der Waals surface area contributed by atoms with Crippen LogP contribution >= 0.6 is 11.3 Å². The van der Waals surface area contributed by atoms with Crippen LogP contribution < -0.4 is 15.0 Å².